The number of anilines is 1. The highest BCUT2D eigenvalue weighted by Gasteiger charge is 2.32. The molecule has 1 saturated heterocycles. The molecule has 0 spiro atoms. The zero-order valence-corrected chi connectivity index (χ0v) is 18.0. The van der Waals surface area contributed by atoms with Crippen molar-refractivity contribution in [2.45, 2.75) is 38.5 Å². The van der Waals surface area contributed by atoms with E-state index in [1.807, 2.05) is 13.0 Å². The molecule has 1 fully saturated rings. The van der Waals surface area contributed by atoms with E-state index < -0.39 is 11.7 Å². The Morgan fingerprint density at radius 2 is 2.00 bits per heavy atom. The molecule has 10 heteroatoms. The fraction of sp³-hybridized carbons (Fsp3) is 0.429. The molecule has 1 N–H and O–H groups in total. The highest BCUT2D eigenvalue weighted by Crippen LogP contribution is 2.36. The Hall–Kier alpha value is -2.68. The number of nitrogens with one attached hydrogen (secondary N) is 1. The minimum Gasteiger partial charge on any atom is -0.489 e. The molecular formula is C21H24ClF3N4O2. The molecule has 0 amide bonds. The monoisotopic (exact) mass is 456 g/mol. The van der Waals surface area contributed by atoms with Crippen LogP contribution in [0.5, 0.6) is 5.75 Å². The summed E-state index contributed by atoms with van der Waals surface area (Å²) in [6.07, 6.45) is -0.628. The van der Waals surface area contributed by atoms with E-state index in [1.165, 1.54) is 16.8 Å². The van der Waals surface area contributed by atoms with E-state index in [2.05, 4.69) is 15.3 Å². The molecule has 0 bridgehead atoms. The molecule has 1 aliphatic heterocycles. The van der Waals surface area contributed by atoms with Crippen molar-refractivity contribution >= 4 is 17.4 Å². The zero-order chi connectivity index (χ0) is 22.6. The number of benzene rings is 1. The third-order valence-corrected chi connectivity index (χ3v) is 5.26. The Kier molecular flexibility index (Phi) is 7.15. The van der Waals surface area contributed by atoms with Gasteiger partial charge in [-0.15, -0.1) is 0 Å². The molecule has 6 nitrogen and oxygen atoms in total. The van der Waals surface area contributed by atoms with Gasteiger partial charge in [0, 0.05) is 39.0 Å². The van der Waals surface area contributed by atoms with E-state index >= 15 is 0 Å². The second-order valence-electron chi connectivity index (χ2n) is 7.25. The van der Waals surface area contributed by atoms with Gasteiger partial charge in [0.1, 0.15) is 17.7 Å². The maximum absolute atomic E-state index is 13.0. The number of likely N-dealkylation sites (tertiary alicyclic amines) is 1. The zero-order valence-electron chi connectivity index (χ0n) is 17.2. The summed E-state index contributed by atoms with van der Waals surface area (Å²) in [6, 6.07) is 6.17. The molecule has 1 aromatic carbocycles. The quantitative estimate of drug-likeness (QED) is 0.685. The molecule has 0 aliphatic carbocycles. The number of piperidine rings is 1. The molecule has 2 aromatic rings. The number of alkyl halides is 3. The Morgan fingerprint density at radius 1 is 1.29 bits per heavy atom. The summed E-state index contributed by atoms with van der Waals surface area (Å²) in [5, 5.41) is 7.59. The van der Waals surface area contributed by atoms with E-state index in [1.54, 1.807) is 13.1 Å². The van der Waals surface area contributed by atoms with E-state index in [0.717, 1.165) is 24.4 Å². The number of allylic oxidation sites excluding steroid dienone is 1. The molecule has 1 aliphatic rings. The van der Waals surface area contributed by atoms with Gasteiger partial charge in [-0.2, -0.15) is 18.3 Å². The molecule has 3 rings (SSSR count). The predicted octanol–water partition coefficient (Wildman–Crippen LogP) is 4.66. The van der Waals surface area contributed by atoms with E-state index in [4.69, 9.17) is 16.3 Å². The lowest BCUT2D eigenvalue weighted by Gasteiger charge is -2.35. The number of rotatable bonds is 6. The number of hydrogen-bond acceptors (Lipinski definition) is 5. The third-order valence-electron chi connectivity index (χ3n) is 4.95. The molecule has 0 unspecified atom stereocenters. The average Bonchev–Trinajstić information content (AvgIpc) is 2.72. The summed E-state index contributed by atoms with van der Waals surface area (Å²) in [5.74, 6) is 1.46. The van der Waals surface area contributed by atoms with Gasteiger partial charge in [-0.25, -0.2) is 4.68 Å². The van der Waals surface area contributed by atoms with Crippen LogP contribution in [-0.2, 0) is 13.2 Å². The molecule has 1 aromatic heterocycles. The molecule has 31 heavy (non-hydrogen) atoms. The lowest BCUT2D eigenvalue weighted by molar-refractivity contribution is -0.137. The van der Waals surface area contributed by atoms with Gasteiger partial charge in [0.25, 0.3) is 5.56 Å². The largest absolute Gasteiger partial charge is 0.489 e. The van der Waals surface area contributed by atoms with Crippen molar-refractivity contribution in [1.82, 2.24) is 14.7 Å². The number of halogens is 4. The van der Waals surface area contributed by atoms with Gasteiger partial charge in [-0.1, -0.05) is 18.5 Å². The van der Waals surface area contributed by atoms with Crippen LogP contribution in [0.15, 0.2) is 47.0 Å². The normalized spacial score (nSPS) is 15.8. The van der Waals surface area contributed by atoms with Crippen molar-refractivity contribution in [2.75, 3.05) is 18.4 Å². The summed E-state index contributed by atoms with van der Waals surface area (Å²) in [6.45, 7) is 3.30. The van der Waals surface area contributed by atoms with Crippen LogP contribution in [0.3, 0.4) is 0 Å². The molecule has 168 valence electrons. The molecule has 0 atom stereocenters. The number of nitrogens with zero attached hydrogens (tertiary/aromatic N) is 3. The minimum absolute atomic E-state index is 0.0480. The van der Waals surface area contributed by atoms with Crippen LogP contribution in [0.25, 0.3) is 0 Å². The van der Waals surface area contributed by atoms with Crippen LogP contribution in [0.2, 0.25) is 5.02 Å². The first kappa shape index (κ1) is 23.0. The highest BCUT2D eigenvalue weighted by atomic mass is 35.5. The Balaban J connectivity index is 1.64. The van der Waals surface area contributed by atoms with E-state index in [-0.39, 0.29) is 22.4 Å². The van der Waals surface area contributed by atoms with Gasteiger partial charge in [0.2, 0.25) is 0 Å². The lowest BCUT2D eigenvalue weighted by Crippen LogP contribution is -2.39. The summed E-state index contributed by atoms with van der Waals surface area (Å²) < 4.78 is 46.0. The summed E-state index contributed by atoms with van der Waals surface area (Å²) in [5.41, 5.74) is -0.982. The van der Waals surface area contributed by atoms with Gasteiger partial charge in [-0.3, -0.25) is 4.79 Å². The first-order valence-corrected chi connectivity index (χ1v) is 10.3. The van der Waals surface area contributed by atoms with Crippen LogP contribution in [0.4, 0.5) is 19.0 Å². The van der Waals surface area contributed by atoms with Crippen molar-refractivity contribution in [1.29, 1.82) is 0 Å². The van der Waals surface area contributed by atoms with Crippen LogP contribution in [-0.4, -0.2) is 33.9 Å². The van der Waals surface area contributed by atoms with Crippen LogP contribution < -0.4 is 15.6 Å². The van der Waals surface area contributed by atoms with Crippen molar-refractivity contribution in [3.8, 4) is 5.75 Å². The van der Waals surface area contributed by atoms with Gasteiger partial charge in [0.05, 0.1) is 10.6 Å². The Labute approximate surface area is 183 Å². The van der Waals surface area contributed by atoms with E-state index in [0.29, 0.717) is 31.7 Å². The van der Waals surface area contributed by atoms with Crippen molar-refractivity contribution in [3.63, 3.8) is 0 Å². The van der Waals surface area contributed by atoms with Gasteiger partial charge >= 0.3 is 6.18 Å². The SMILES string of the molecule is CC/C=C(\Nc1ccc(=O)n(C)n1)N1CCC(Oc2cc(C(F)(F)F)ccc2Cl)CC1. The summed E-state index contributed by atoms with van der Waals surface area (Å²) in [7, 11) is 1.58. The van der Waals surface area contributed by atoms with Gasteiger partial charge in [-0.05, 0) is 36.8 Å². The molecule has 2 heterocycles. The average molecular weight is 457 g/mol. The minimum atomic E-state index is -4.45. The summed E-state index contributed by atoms with van der Waals surface area (Å²) >= 11 is 6.05. The van der Waals surface area contributed by atoms with Gasteiger partial charge < -0.3 is 15.0 Å². The highest BCUT2D eigenvalue weighted by molar-refractivity contribution is 6.32. The lowest BCUT2D eigenvalue weighted by atomic mass is 10.1. The molecule has 0 saturated carbocycles. The summed E-state index contributed by atoms with van der Waals surface area (Å²) in [4.78, 5) is 13.7. The topological polar surface area (TPSA) is 59.4 Å². The molecular weight excluding hydrogens is 433 g/mol. The fourth-order valence-corrected chi connectivity index (χ4v) is 3.48. The predicted molar refractivity (Wildman–Crippen MR) is 113 cm³/mol. The van der Waals surface area contributed by atoms with Crippen LogP contribution >= 0.6 is 11.6 Å². The number of aromatic nitrogens is 2. The number of aryl methyl sites for hydroxylation is 1. The second-order valence-corrected chi connectivity index (χ2v) is 7.66. The Bertz CT molecular complexity index is 999. The van der Waals surface area contributed by atoms with Crippen molar-refractivity contribution in [3.05, 3.63) is 63.2 Å². The third kappa shape index (κ3) is 5.94. The molecule has 0 radical (unpaired) electrons. The van der Waals surface area contributed by atoms with Gasteiger partial charge in [0.15, 0.2) is 5.82 Å². The number of hydrogen-bond donors (Lipinski definition) is 1. The fourth-order valence-electron chi connectivity index (χ4n) is 3.32. The Morgan fingerprint density at radius 3 is 2.61 bits per heavy atom. The van der Waals surface area contributed by atoms with E-state index in [9.17, 15) is 18.0 Å². The van der Waals surface area contributed by atoms with Crippen LogP contribution in [0.1, 0.15) is 31.7 Å². The maximum Gasteiger partial charge on any atom is 0.416 e. The van der Waals surface area contributed by atoms with Crippen molar-refractivity contribution < 1.29 is 17.9 Å². The first-order valence-electron chi connectivity index (χ1n) is 9.97. The standard InChI is InChI=1S/C21H24ClF3N4O2/c1-3-4-19(26-18-7-8-20(30)28(2)27-18)29-11-9-15(10-12-29)31-17-13-14(21(23,24)25)5-6-16(17)22/h4-8,13,15H,3,9-12H2,1-2H3,(H,26,27)/b19-4+. The second kappa shape index (κ2) is 9.64. The first-order chi connectivity index (χ1) is 14.7. The smallest absolute Gasteiger partial charge is 0.416 e. The maximum atomic E-state index is 13.0. The van der Waals surface area contributed by atoms with Crippen molar-refractivity contribution in [2.24, 2.45) is 7.05 Å². The van der Waals surface area contributed by atoms with Crippen LogP contribution in [0, 0.1) is 0 Å². The number of ether oxygens (including phenoxy) is 1.